The molecule has 7 nitrogen and oxygen atoms in total. The fourth-order valence-corrected chi connectivity index (χ4v) is 4.84. The number of benzene rings is 1. The molecule has 2 amide bonds. The van der Waals surface area contributed by atoms with E-state index < -0.39 is 23.3 Å². The Morgan fingerprint density at radius 2 is 1.64 bits per heavy atom. The Bertz CT molecular complexity index is 1090. The molecule has 9 heteroatoms. The van der Waals surface area contributed by atoms with Gasteiger partial charge in [0.25, 0.3) is 11.8 Å². The first-order valence-corrected chi connectivity index (χ1v) is 13.1. The first-order chi connectivity index (χ1) is 16.5. The Morgan fingerprint density at radius 3 is 2.17 bits per heavy atom. The van der Waals surface area contributed by atoms with Gasteiger partial charge in [0, 0.05) is 19.6 Å². The van der Waals surface area contributed by atoms with Crippen LogP contribution in [0.3, 0.4) is 0 Å². The quantitative estimate of drug-likeness (QED) is 0.525. The summed E-state index contributed by atoms with van der Waals surface area (Å²) in [7, 11) is 0. The number of thiazole rings is 1. The first-order valence-electron chi connectivity index (χ1n) is 12.3. The molecule has 1 aromatic heterocycles. The molecule has 2 aromatic rings. The van der Waals surface area contributed by atoms with E-state index in [1.807, 2.05) is 18.2 Å². The highest BCUT2D eigenvalue weighted by molar-refractivity contribution is 7.17. The predicted molar refractivity (Wildman–Crippen MR) is 140 cm³/mol. The maximum absolute atomic E-state index is 13.7. The number of alkyl halides is 1. The zero-order chi connectivity index (χ0) is 27.1. The zero-order valence-electron chi connectivity index (χ0n) is 22.2. The summed E-state index contributed by atoms with van der Waals surface area (Å²) in [5.41, 5.74) is 0.00833. The molecule has 0 radical (unpaired) electrons. The average Bonchev–Trinajstić information content (AvgIpc) is 3.21. The van der Waals surface area contributed by atoms with Crippen LogP contribution in [0, 0.1) is 0 Å². The Kier molecular flexibility index (Phi) is 7.98. The second-order valence-corrected chi connectivity index (χ2v) is 12.8. The maximum atomic E-state index is 13.7. The van der Waals surface area contributed by atoms with Gasteiger partial charge in [0.2, 0.25) is 0 Å². The molecule has 1 fully saturated rings. The number of nitrogens with one attached hydrogen (secondary N) is 1. The van der Waals surface area contributed by atoms with Crippen LogP contribution in [-0.2, 0) is 11.0 Å². The van der Waals surface area contributed by atoms with Crippen LogP contribution in [0.25, 0.3) is 10.4 Å². The highest BCUT2D eigenvalue weighted by Crippen LogP contribution is 2.38. The van der Waals surface area contributed by atoms with Crippen molar-refractivity contribution in [1.29, 1.82) is 0 Å². The smallest absolute Gasteiger partial charge is 0.280 e. The largest absolute Gasteiger partial charge is 0.389 e. The Balaban J connectivity index is 2.13. The van der Waals surface area contributed by atoms with Gasteiger partial charge in [0.1, 0.15) is 11.9 Å². The molecule has 198 valence electrons. The van der Waals surface area contributed by atoms with Gasteiger partial charge in [-0.15, -0.1) is 11.3 Å². The fraction of sp³-hybridized carbons (Fsp3) is 0.593. The van der Waals surface area contributed by atoms with E-state index in [0.717, 1.165) is 16.9 Å². The first kappa shape index (κ1) is 28.2. The minimum Gasteiger partial charge on any atom is -0.389 e. The standard InChI is InChI=1S/C27H38FN3O4S/c1-25(2,3)17-12-16(13-18(14-17)27(6,7)35)21-20(24(33)31-10-8-19(28)9-11-31)30-23(36-21)22(32)29-15-26(4,5)34/h12-14,19,34-35H,8-11,15H2,1-7H3,(H,29,32). The summed E-state index contributed by atoms with van der Waals surface area (Å²) in [6.07, 6.45) is -0.385. The van der Waals surface area contributed by atoms with E-state index in [2.05, 4.69) is 31.1 Å². The molecule has 3 N–H and O–H groups in total. The third-order valence-corrected chi connectivity index (χ3v) is 7.29. The lowest BCUT2D eigenvalue weighted by atomic mass is 9.82. The number of carbonyl (C=O) groups excluding carboxylic acids is 2. The molecular formula is C27H38FN3O4S. The minimum atomic E-state index is -1.12. The molecule has 3 rings (SSSR count). The summed E-state index contributed by atoms with van der Waals surface area (Å²) in [6, 6.07) is 5.74. The van der Waals surface area contributed by atoms with Crippen LogP contribution < -0.4 is 5.32 Å². The molecule has 0 bridgehead atoms. The number of aliphatic hydroxyl groups is 2. The van der Waals surface area contributed by atoms with Gasteiger partial charge in [-0.2, -0.15) is 0 Å². The predicted octanol–water partition coefficient (Wildman–Crippen LogP) is 4.41. The summed E-state index contributed by atoms with van der Waals surface area (Å²) in [5.74, 6) is -0.833. The van der Waals surface area contributed by atoms with Crippen molar-refractivity contribution in [3.8, 4) is 10.4 Å². The van der Waals surface area contributed by atoms with Gasteiger partial charge >= 0.3 is 0 Å². The van der Waals surface area contributed by atoms with Crippen LogP contribution in [0.4, 0.5) is 4.39 Å². The third kappa shape index (κ3) is 6.89. The van der Waals surface area contributed by atoms with Crippen LogP contribution in [-0.4, -0.2) is 63.3 Å². The van der Waals surface area contributed by atoms with E-state index in [4.69, 9.17) is 0 Å². The van der Waals surface area contributed by atoms with Gasteiger partial charge in [-0.05, 0) is 74.8 Å². The van der Waals surface area contributed by atoms with E-state index in [1.165, 1.54) is 0 Å². The van der Waals surface area contributed by atoms with Crippen LogP contribution in [0.15, 0.2) is 18.2 Å². The number of rotatable bonds is 6. The van der Waals surface area contributed by atoms with Crippen molar-refractivity contribution in [1.82, 2.24) is 15.2 Å². The summed E-state index contributed by atoms with van der Waals surface area (Å²) in [5, 5.41) is 23.6. The van der Waals surface area contributed by atoms with Crippen LogP contribution >= 0.6 is 11.3 Å². The number of nitrogens with zero attached hydrogens (tertiary/aromatic N) is 2. The molecule has 0 spiro atoms. The number of likely N-dealkylation sites (tertiary alicyclic amines) is 1. The van der Waals surface area contributed by atoms with Crippen molar-refractivity contribution in [3.05, 3.63) is 40.0 Å². The Hall–Kier alpha value is -2.36. The fourth-order valence-electron chi connectivity index (χ4n) is 3.88. The van der Waals surface area contributed by atoms with Gasteiger partial charge in [0.15, 0.2) is 5.01 Å². The maximum Gasteiger partial charge on any atom is 0.280 e. The van der Waals surface area contributed by atoms with Crippen LogP contribution in [0.2, 0.25) is 0 Å². The second kappa shape index (κ2) is 10.2. The van der Waals surface area contributed by atoms with Gasteiger partial charge in [-0.25, -0.2) is 9.37 Å². The van der Waals surface area contributed by atoms with Gasteiger partial charge in [-0.3, -0.25) is 9.59 Å². The summed E-state index contributed by atoms with van der Waals surface area (Å²) in [6.45, 7) is 13.4. The lowest BCUT2D eigenvalue weighted by Gasteiger charge is -2.28. The molecule has 1 aliphatic rings. The highest BCUT2D eigenvalue weighted by atomic mass is 32.1. The van der Waals surface area contributed by atoms with Gasteiger partial charge in [0.05, 0.1) is 16.1 Å². The number of hydrogen-bond acceptors (Lipinski definition) is 6. The number of aromatic nitrogens is 1. The number of carbonyl (C=O) groups is 2. The van der Waals surface area contributed by atoms with Crippen molar-refractivity contribution in [3.63, 3.8) is 0 Å². The van der Waals surface area contributed by atoms with Crippen molar-refractivity contribution in [2.75, 3.05) is 19.6 Å². The molecule has 0 unspecified atom stereocenters. The van der Waals surface area contributed by atoms with Gasteiger partial charge in [-0.1, -0.05) is 26.8 Å². The van der Waals surface area contributed by atoms with Crippen molar-refractivity contribution < 1.29 is 24.2 Å². The van der Waals surface area contributed by atoms with E-state index >= 15 is 0 Å². The average molecular weight is 520 g/mol. The van der Waals surface area contributed by atoms with E-state index in [-0.39, 0.29) is 54.5 Å². The van der Waals surface area contributed by atoms with Crippen LogP contribution in [0.5, 0.6) is 0 Å². The topological polar surface area (TPSA) is 103 Å². The molecule has 0 saturated carbocycles. The highest BCUT2D eigenvalue weighted by Gasteiger charge is 2.31. The monoisotopic (exact) mass is 519 g/mol. The number of amides is 2. The molecule has 1 aromatic carbocycles. The van der Waals surface area contributed by atoms with E-state index in [1.54, 1.807) is 32.6 Å². The summed E-state index contributed by atoms with van der Waals surface area (Å²) < 4.78 is 13.7. The number of piperidine rings is 1. The normalized spacial score (nSPS) is 15.8. The Morgan fingerprint density at radius 1 is 1.06 bits per heavy atom. The molecular weight excluding hydrogens is 481 g/mol. The number of halogens is 1. The minimum absolute atomic E-state index is 0.0242. The Labute approximate surface area is 216 Å². The molecule has 0 atom stereocenters. The molecule has 0 aliphatic carbocycles. The molecule has 2 heterocycles. The molecule has 1 saturated heterocycles. The van der Waals surface area contributed by atoms with Crippen molar-refractivity contribution in [2.45, 2.75) is 84.1 Å². The van der Waals surface area contributed by atoms with Crippen molar-refractivity contribution in [2.24, 2.45) is 0 Å². The third-order valence-electron chi connectivity index (χ3n) is 6.18. The van der Waals surface area contributed by atoms with E-state index in [9.17, 15) is 24.2 Å². The van der Waals surface area contributed by atoms with Gasteiger partial charge < -0.3 is 20.4 Å². The van der Waals surface area contributed by atoms with E-state index in [0.29, 0.717) is 16.0 Å². The summed E-state index contributed by atoms with van der Waals surface area (Å²) in [4.78, 5) is 33.0. The summed E-state index contributed by atoms with van der Waals surface area (Å²) >= 11 is 1.09. The van der Waals surface area contributed by atoms with Crippen molar-refractivity contribution >= 4 is 23.2 Å². The lowest BCUT2D eigenvalue weighted by molar-refractivity contribution is 0.0660. The molecule has 36 heavy (non-hydrogen) atoms. The van der Waals surface area contributed by atoms with Crippen LogP contribution in [0.1, 0.15) is 92.7 Å². The molecule has 1 aliphatic heterocycles. The lowest BCUT2D eigenvalue weighted by Crippen LogP contribution is -2.39. The zero-order valence-corrected chi connectivity index (χ0v) is 23.1. The SMILES string of the molecule is CC(C)(O)CNC(=O)c1nc(C(=O)N2CCC(F)CC2)c(-c2cc(C(C)(C)C)cc(C(C)(C)O)c2)s1. The number of hydrogen-bond donors (Lipinski definition) is 3. The second-order valence-electron chi connectivity index (χ2n) is 11.8.